The van der Waals surface area contributed by atoms with Gasteiger partial charge in [-0.2, -0.15) is 5.10 Å². The van der Waals surface area contributed by atoms with Gasteiger partial charge in [0.15, 0.2) is 0 Å². The number of halogens is 1. The summed E-state index contributed by atoms with van der Waals surface area (Å²) in [7, 11) is 0. The van der Waals surface area contributed by atoms with Gasteiger partial charge in [0.2, 0.25) is 0 Å². The molecule has 2 aromatic rings. The average Bonchev–Trinajstić information content (AvgIpc) is 2.74. The molecule has 0 amide bonds. The molecule has 0 spiro atoms. The topological polar surface area (TPSA) is 50.1 Å². The van der Waals surface area contributed by atoms with Gasteiger partial charge in [-0.25, -0.2) is 0 Å². The summed E-state index contributed by atoms with van der Waals surface area (Å²) in [4.78, 5) is 0. The molecule has 1 aliphatic rings. The Morgan fingerprint density at radius 2 is 1.87 bits per heavy atom. The van der Waals surface area contributed by atoms with Gasteiger partial charge in [0.1, 0.15) is 0 Å². The number of aryl methyl sites for hydroxylation is 1. The Bertz CT molecular complexity index is 636. The van der Waals surface area contributed by atoms with E-state index in [4.69, 9.17) is 21.8 Å². The minimum atomic E-state index is 0.275. The van der Waals surface area contributed by atoms with Crippen LogP contribution in [0.5, 0.6) is 0 Å². The molecule has 5 heteroatoms. The molecule has 0 atom stereocenters. The predicted molar refractivity (Wildman–Crippen MR) is 93.9 cm³/mol. The Kier molecular flexibility index (Phi) is 5.70. The predicted octanol–water partition coefficient (Wildman–Crippen LogP) is 3.05. The molecule has 0 saturated carbocycles. The van der Waals surface area contributed by atoms with E-state index in [1.54, 1.807) is 0 Å². The molecule has 124 valence electrons. The Labute approximate surface area is 142 Å². The molecule has 23 heavy (non-hydrogen) atoms. The third kappa shape index (κ3) is 3.94. The zero-order valence-corrected chi connectivity index (χ0v) is 14.1. The second kappa shape index (κ2) is 7.95. The van der Waals surface area contributed by atoms with E-state index in [1.807, 2.05) is 12.1 Å². The van der Waals surface area contributed by atoms with Crippen molar-refractivity contribution in [1.82, 2.24) is 15.1 Å². The number of aromatic nitrogens is 2. The maximum Gasteiger partial charge on any atom is 0.0958 e. The van der Waals surface area contributed by atoms with Crippen LogP contribution < -0.4 is 5.32 Å². The van der Waals surface area contributed by atoms with Crippen molar-refractivity contribution in [3.8, 4) is 11.3 Å². The van der Waals surface area contributed by atoms with Gasteiger partial charge in [0.05, 0.1) is 5.69 Å². The van der Waals surface area contributed by atoms with Crippen molar-refractivity contribution in [1.29, 1.82) is 0 Å². The van der Waals surface area contributed by atoms with E-state index in [9.17, 15) is 0 Å². The summed E-state index contributed by atoms with van der Waals surface area (Å²) in [5.41, 5.74) is 4.98. The molecule has 0 aliphatic carbocycles. The lowest BCUT2D eigenvalue weighted by Gasteiger charge is -2.07. The van der Waals surface area contributed by atoms with Crippen molar-refractivity contribution < 1.29 is 5.11 Å². The van der Waals surface area contributed by atoms with Crippen molar-refractivity contribution in [2.24, 2.45) is 0 Å². The van der Waals surface area contributed by atoms with Gasteiger partial charge in [-0.1, -0.05) is 23.7 Å². The highest BCUT2D eigenvalue weighted by Crippen LogP contribution is 2.28. The van der Waals surface area contributed by atoms with Gasteiger partial charge >= 0.3 is 0 Å². The number of unbranched alkanes of at least 4 members (excludes halogenated alkanes) is 2. The third-order valence-corrected chi connectivity index (χ3v) is 4.65. The fourth-order valence-corrected chi connectivity index (χ4v) is 3.32. The number of aliphatic hydroxyl groups excluding tert-OH is 1. The zero-order chi connectivity index (χ0) is 16.1. The molecule has 2 N–H and O–H groups in total. The first-order valence-corrected chi connectivity index (χ1v) is 8.83. The number of nitrogens with one attached hydrogen (secondary N) is 1. The quantitative estimate of drug-likeness (QED) is 0.799. The van der Waals surface area contributed by atoms with E-state index in [-0.39, 0.29) is 6.61 Å². The molecule has 4 nitrogen and oxygen atoms in total. The molecule has 0 bridgehead atoms. The van der Waals surface area contributed by atoms with Crippen molar-refractivity contribution >= 4 is 11.6 Å². The van der Waals surface area contributed by atoms with Crippen LogP contribution in [0.25, 0.3) is 11.3 Å². The van der Waals surface area contributed by atoms with Crippen LogP contribution in [-0.2, 0) is 19.4 Å². The highest BCUT2D eigenvalue weighted by atomic mass is 35.5. The van der Waals surface area contributed by atoms with Gasteiger partial charge in [-0.05, 0) is 44.4 Å². The maximum absolute atomic E-state index is 8.93. The van der Waals surface area contributed by atoms with Gasteiger partial charge in [0, 0.05) is 48.0 Å². The molecule has 1 aliphatic heterocycles. The molecule has 3 rings (SSSR count). The summed E-state index contributed by atoms with van der Waals surface area (Å²) < 4.78 is 2.18. The fraction of sp³-hybridized carbons (Fsp3) is 0.500. The second-order valence-electron chi connectivity index (χ2n) is 6.04. The standard InChI is InChI=1S/C18H24ClN3O/c19-15-6-4-14(5-7-15)18-16-8-10-20-11-9-17(16)22(21-18)12-2-1-3-13-23/h4-7,20,23H,1-3,8-13H2. The number of benzene rings is 1. The van der Waals surface area contributed by atoms with Gasteiger partial charge < -0.3 is 10.4 Å². The van der Waals surface area contributed by atoms with Crippen LogP contribution >= 0.6 is 11.6 Å². The van der Waals surface area contributed by atoms with Gasteiger partial charge in [-0.3, -0.25) is 4.68 Å². The van der Waals surface area contributed by atoms with Crippen molar-refractivity contribution in [3.05, 3.63) is 40.5 Å². The molecule has 0 saturated heterocycles. The van der Waals surface area contributed by atoms with E-state index < -0.39 is 0 Å². The largest absolute Gasteiger partial charge is 0.396 e. The highest BCUT2D eigenvalue weighted by molar-refractivity contribution is 6.30. The summed E-state index contributed by atoms with van der Waals surface area (Å²) in [6, 6.07) is 7.97. The Morgan fingerprint density at radius 1 is 1.09 bits per heavy atom. The zero-order valence-electron chi connectivity index (χ0n) is 13.4. The number of hydrogen-bond donors (Lipinski definition) is 2. The first-order valence-electron chi connectivity index (χ1n) is 8.45. The van der Waals surface area contributed by atoms with Crippen LogP contribution in [0.2, 0.25) is 5.02 Å². The number of aliphatic hydroxyl groups is 1. The lowest BCUT2D eigenvalue weighted by Crippen LogP contribution is -2.17. The van der Waals surface area contributed by atoms with Crippen LogP contribution in [0.15, 0.2) is 24.3 Å². The fourth-order valence-electron chi connectivity index (χ4n) is 3.20. The first-order chi connectivity index (χ1) is 11.3. The average molecular weight is 334 g/mol. The number of nitrogens with zero attached hydrogens (tertiary/aromatic N) is 2. The molecule has 0 unspecified atom stereocenters. The lowest BCUT2D eigenvalue weighted by atomic mass is 10.0. The second-order valence-corrected chi connectivity index (χ2v) is 6.47. The first kappa shape index (κ1) is 16.5. The van der Waals surface area contributed by atoms with Crippen molar-refractivity contribution in [2.45, 2.75) is 38.6 Å². The Hall–Kier alpha value is -1.36. The van der Waals surface area contributed by atoms with Gasteiger partial charge in [-0.15, -0.1) is 0 Å². The monoisotopic (exact) mass is 333 g/mol. The summed E-state index contributed by atoms with van der Waals surface area (Å²) in [6.45, 7) is 3.21. The van der Waals surface area contributed by atoms with Crippen LogP contribution in [0.4, 0.5) is 0 Å². The number of rotatable bonds is 6. The highest BCUT2D eigenvalue weighted by Gasteiger charge is 2.20. The Morgan fingerprint density at radius 3 is 2.65 bits per heavy atom. The minimum absolute atomic E-state index is 0.275. The van der Waals surface area contributed by atoms with Crippen LogP contribution in [0, 0.1) is 0 Å². The van der Waals surface area contributed by atoms with E-state index in [0.29, 0.717) is 0 Å². The van der Waals surface area contributed by atoms with Gasteiger partial charge in [0.25, 0.3) is 0 Å². The molecule has 0 radical (unpaired) electrons. The summed E-state index contributed by atoms with van der Waals surface area (Å²) in [6.07, 6.45) is 5.01. The maximum atomic E-state index is 8.93. The van der Waals surface area contributed by atoms with E-state index >= 15 is 0 Å². The molecular formula is C18H24ClN3O. The summed E-state index contributed by atoms with van der Waals surface area (Å²) >= 11 is 6.02. The smallest absolute Gasteiger partial charge is 0.0958 e. The van der Waals surface area contributed by atoms with Crippen molar-refractivity contribution in [2.75, 3.05) is 19.7 Å². The molecule has 1 aromatic carbocycles. The molecule has 0 fully saturated rings. The number of fused-ring (bicyclic) bond motifs is 1. The lowest BCUT2D eigenvalue weighted by molar-refractivity contribution is 0.281. The van der Waals surface area contributed by atoms with Crippen molar-refractivity contribution in [3.63, 3.8) is 0 Å². The molecule has 1 aromatic heterocycles. The van der Waals surface area contributed by atoms with E-state index in [1.165, 1.54) is 11.3 Å². The Balaban J connectivity index is 1.89. The van der Waals surface area contributed by atoms with E-state index in [0.717, 1.165) is 68.0 Å². The van der Waals surface area contributed by atoms with E-state index in [2.05, 4.69) is 22.1 Å². The van der Waals surface area contributed by atoms with Crippen LogP contribution in [0.1, 0.15) is 30.5 Å². The summed E-state index contributed by atoms with van der Waals surface area (Å²) in [5, 5.41) is 18.1. The molecule has 2 heterocycles. The SMILES string of the molecule is OCCCCCn1nc(-c2ccc(Cl)cc2)c2c1CCNCC2. The molecular weight excluding hydrogens is 310 g/mol. The van der Waals surface area contributed by atoms with Crippen LogP contribution in [-0.4, -0.2) is 34.6 Å². The summed E-state index contributed by atoms with van der Waals surface area (Å²) in [5.74, 6) is 0. The minimum Gasteiger partial charge on any atom is -0.396 e. The number of hydrogen-bond acceptors (Lipinski definition) is 3. The normalized spacial score (nSPS) is 14.5. The van der Waals surface area contributed by atoms with Crippen LogP contribution in [0.3, 0.4) is 0 Å². The third-order valence-electron chi connectivity index (χ3n) is 4.40.